The Bertz CT molecular complexity index is 351. The molecule has 1 saturated carbocycles. The van der Waals surface area contributed by atoms with E-state index in [-0.39, 0.29) is 0 Å². The molecule has 3 heteroatoms. The maximum atomic E-state index is 4.60. The minimum absolute atomic E-state index is 0.421. The lowest BCUT2D eigenvalue weighted by Crippen LogP contribution is -2.23. The van der Waals surface area contributed by atoms with Gasteiger partial charge in [-0.2, -0.15) is 0 Å². The van der Waals surface area contributed by atoms with Crippen LogP contribution in [0.15, 0.2) is 12.4 Å². The number of rotatable bonds is 6. The number of aromatic nitrogens is 2. The van der Waals surface area contributed by atoms with Crippen molar-refractivity contribution in [1.82, 2.24) is 14.9 Å². The Balaban J connectivity index is 1.99. The van der Waals surface area contributed by atoms with E-state index in [2.05, 4.69) is 35.0 Å². The molecular formula is C16H29N3. The average molecular weight is 263 g/mol. The van der Waals surface area contributed by atoms with Gasteiger partial charge < -0.3 is 9.88 Å². The van der Waals surface area contributed by atoms with Crippen molar-refractivity contribution in [2.24, 2.45) is 5.92 Å². The van der Waals surface area contributed by atoms with E-state index in [1.54, 1.807) is 0 Å². The van der Waals surface area contributed by atoms with Crippen molar-refractivity contribution < 1.29 is 0 Å². The Morgan fingerprint density at radius 3 is 2.68 bits per heavy atom. The first-order valence-corrected chi connectivity index (χ1v) is 8.03. The summed E-state index contributed by atoms with van der Waals surface area (Å²) in [6.07, 6.45) is 15.0. The second-order valence-electron chi connectivity index (χ2n) is 5.91. The van der Waals surface area contributed by atoms with Crippen molar-refractivity contribution in [1.29, 1.82) is 0 Å². The standard InChI is InChI=1S/C16H29N3/c1-3-11-19-12-10-18-16(19)15(17-2)13-14-8-6-4-5-7-9-14/h10,12,14-15,17H,3-9,11,13H2,1-2H3. The first-order chi connectivity index (χ1) is 9.35. The third kappa shape index (κ3) is 4.07. The van der Waals surface area contributed by atoms with Gasteiger partial charge in [0.1, 0.15) is 5.82 Å². The Morgan fingerprint density at radius 1 is 1.32 bits per heavy atom. The highest BCUT2D eigenvalue weighted by Crippen LogP contribution is 2.30. The van der Waals surface area contributed by atoms with Crippen LogP contribution in [0.4, 0.5) is 0 Å². The normalized spacial score (nSPS) is 19.3. The van der Waals surface area contributed by atoms with E-state index in [1.807, 2.05) is 6.20 Å². The lowest BCUT2D eigenvalue weighted by molar-refractivity contribution is 0.352. The van der Waals surface area contributed by atoms with E-state index in [9.17, 15) is 0 Å². The SMILES string of the molecule is CCCn1ccnc1C(CC1CCCCCC1)NC. The zero-order chi connectivity index (χ0) is 13.5. The molecule has 1 unspecified atom stereocenters. The highest BCUT2D eigenvalue weighted by Gasteiger charge is 2.21. The minimum Gasteiger partial charge on any atom is -0.334 e. The highest BCUT2D eigenvalue weighted by molar-refractivity contribution is 5.00. The molecule has 0 amide bonds. The molecule has 1 aliphatic carbocycles. The third-order valence-electron chi connectivity index (χ3n) is 4.42. The summed E-state index contributed by atoms with van der Waals surface area (Å²) in [5.74, 6) is 2.11. The van der Waals surface area contributed by atoms with E-state index in [1.165, 1.54) is 57.2 Å². The fourth-order valence-electron chi connectivity index (χ4n) is 3.35. The molecule has 0 aromatic carbocycles. The predicted octanol–water partition coefficient (Wildman–Crippen LogP) is 3.91. The minimum atomic E-state index is 0.421. The maximum absolute atomic E-state index is 4.60. The molecule has 2 rings (SSSR count). The van der Waals surface area contributed by atoms with E-state index in [4.69, 9.17) is 0 Å². The van der Waals surface area contributed by atoms with Gasteiger partial charge in [0.25, 0.3) is 0 Å². The number of nitrogens with zero attached hydrogens (tertiary/aromatic N) is 2. The summed E-state index contributed by atoms with van der Waals surface area (Å²) < 4.78 is 2.32. The zero-order valence-corrected chi connectivity index (χ0v) is 12.6. The van der Waals surface area contributed by atoms with Gasteiger partial charge in [-0.05, 0) is 25.8 Å². The Hall–Kier alpha value is -0.830. The van der Waals surface area contributed by atoms with Gasteiger partial charge in [-0.25, -0.2) is 4.98 Å². The molecule has 0 saturated heterocycles. The summed E-state index contributed by atoms with van der Waals surface area (Å²) in [6.45, 7) is 3.31. The topological polar surface area (TPSA) is 29.9 Å². The molecule has 0 bridgehead atoms. The van der Waals surface area contributed by atoms with Crippen LogP contribution in [0.2, 0.25) is 0 Å². The number of nitrogens with one attached hydrogen (secondary N) is 1. The summed E-state index contributed by atoms with van der Waals surface area (Å²) in [4.78, 5) is 4.60. The summed E-state index contributed by atoms with van der Waals surface area (Å²) in [7, 11) is 2.08. The van der Waals surface area contributed by atoms with Crippen molar-refractivity contribution in [3.05, 3.63) is 18.2 Å². The molecule has 108 valence electrons. The summed E-state index contributed by atoms with van der Waals surface area (Å²) in [5, 5.41) is 3.49. The molecule has 0 aliphatic heterocycles. The summed E-state index contributed by atoms with van der Waals surface area (Å²) >= 11 is 0. The van der Waals surface area contributed by atoms with Crippen LogP contribution in [0.3, 0.4) is 0 Å². The Morgan fingerprint density at radius 2 is 2.05 bits per heavy atom. The van der Waals surface area contributed by atoms with Crippen LogP contribution in [0.25, 0.3) is 0 Å². The van der Waals surface area contributed by atoms with Gasteiger partial charge in [-0.3, -0.25) is 0 Å². The van der Waals surface area contributed by atoms with Crippen LogP contribution in [0.1, 0.15) is 70.2 Å². The van der Waals surface area contributed by atoms with Crippen LogP contribution in [0, 0.1) is 5.92 Å². The van der Waals surface area contributed by atoms with Gasteiger partial charge in [-0.15, -0.1) is 0 Å². The Labute approximate surface area is 117 Å². The summed E-state index contributed by atoms with van der Waals surface area (Å²) in [6, 6.07) is 0.421. The first kappa shape index (κ1) is 14.6. The van der Waals surface area contributed by atoms with Crippen LogP contribution < -0.4 is 5.32 Å². The molecule has 0 radical (unpaired) electrons. The lowest BCUT2D eigenvalue weighted by Gasteiger charge is -2.22. The van der Waals surface area contributed by atoms with E-state index in [0.717, 1.165) is 12.5 Å². The van der Waals surface area contributed by atoms with Crippen molar-refractivity contribution in [2.45, 2.75) is 70.9 Å². The van der Waals surface area contributed by atoms with Gasteiger partial charge >= 0.3 is 0 Å². The average Bonchev–Trinajstić information content (AvgIpc) is 2.72. The zero-order valence-electron chi connectivity index (χ0n) is 12.6. The quantitative estimate of drug-likeness (QED) is 0.789. The number of hydrogen-bond donors (Lipinski definition) is 1. The van der Waals surface area contributed by atoms with Crippen LogP contribution in [-0.2, 0) is 6.54 Å². The molecule has 0 spiro atoms. The molecule has 19 heavy (non-hydrogen) atoms. The first-order valence-electron chi connectivity index (χ1n) is 8.03. The fraction of sp³-hybridized carbons (Fsp3) is 0.812. The number of hydrogen-bond acceptors (Lipinski definition) is 2. The molecule has 1 atom stereocenters. The molecule has 1 fully saturated rings. The second-order valence-corrected chi connectivity index (χ2v) is 5.91. The number of imidazole rings is 1. The van der Waals surface area contributed by atoms with Crippen molar-refractivity contribution in [3.63, 3.8) is 0 Å². The summed E-state index contributed by atoms with van der Waals surface area (Å²) in [5.41, 5.74) is 0. The van der Waals surface area contributed by atoms with Gasteiger partial charge in [0.15, 0.2) is 0 Å². The lowest BCUT2D eigenvalue weighted by atomic mass is 9.92. The molecule has 3 nitrogen and oxygen atoms in total. The van der Waals surface area contributed by atoms with Gasteiger partial charge in [0, 0.05) is 18.9 Å². The fourth-order valence-corrected chi connectivity index (χ4v) is 3.35. The smallest absolute Gasteiger partial charge is 0.125 e. The molecule has 1 heterocycles. The van der Waals surface area contributed by atoms with Gasteiger partial charge in [0.2, 0.25) is 0 Å². The van der Waals surface area contributed by atoms with Crippen LogP contribution >= 0.6 is 0 Å². The molecule has 1 aliphatic rings. The predicted molar refractivity (Wildman–Crippen MR) is 80.1 cm³/mol. The van der Waals surface area contributed by atoms with Crippen molar-refractivity contribution in [3.8, 4) is 0 Å². The van der Waals surface area contributed by atoms with Gasteiger partial charge in [0.05, 0.1) is 6.04 Å². The van der Waals surface area contributed by atoms with Gasteiger partial charge in [-0.1, -0.05) is 45.4 Å². The molecule has 1 aromatic rings. The van der Waals surface area contributed by atoms with E-state index < -0.39 is 0 Å². The molecule has 1 N–H and O–H groups in total. The van der Waals surface area contributed by atoms with E-state index in [0.29, 0.717) is 6.04 Å². The Kier molecular flexibility index (Phi) is 5.90. The molecule has 1 aromatic heterocycles. The third-order valence-corrected chi connectivity index (χ3v) is 4.42. The highest BCUT2D eigenvalue weighted by atomic mass is 15.1. The molecular weight excluding hydrogens is 234 g/mol. The maximum Gasteiger partial charge on any atom is 0.125 e. The largest absolute Gasteiger partial charge is 0.334 e. The van der Waals surface area contributed by atoms with Crippen LogP contribution in [-0.4, -0.2) is 16.6 Å². The van der Waals surface area contributed by atoms with Crippen LogP contribution in [0.5, 0.6) is 0 Å². The van der Waals surface area contributed by atoms with E-state index >= 15 is 0 Å². The number of aryl methyl sites for hydroxylation is 1. The monoisotopic (exact) mass is 263 g/mol. The van der Waals surface area contributed by atoms with Crippen molar-refractivity contribution in [2.75, 3.05) is 7.05 Å². The van der Waals surface area contributed by atoms with Crippen molar-refractivity contribution >= 4 is 0 Å². The second kappa shape index (κ2) is 7.68.